The van der Waals surface area contributed by atoms with E-state index in [1.54, 1.807) is 0 Å². The van der Waals surface area contributed by atoms with E-state index in [-0.39, 0.29) is 5.91 Å². The smallest absolute Gasteiger partial charge is 0.253 e. The summed E-state index contributed by atoms with van der Waals surface area (Å²) in [6.07, 6.45) is 1.01. The summed E-state index contributed by atoms with van der Waals surface area (Å²) in [5, 5.41) is 3.34. The van der Waals surface area contributed by atoms with Gasteiger partial charge in [-0.1, -0.05) is 19.1 Å². The SMILES string of the molecule is CCc1ccc(C(=O)N2CCNC(C)C2)cc1. The first kappa shape index (κ1) is 12.1. The highest BCUT2D eigenvalue weighted by Crippen LogP contribution is 2.10. The van der Waals surface area contributed by atoms with Gasteiger partial charge in [-0.05, 0) is 31.0 Å². The highest BCUT2D eigenvalue weighted by Gasteiger charge is 2.21. The molecule has 1 aromatic rings. The Kier molecular flexibility index (Phi) is 3.79. The van der Waals surface area contributed by atoms with Gasteiger partial charge in [0.25, 0.3) is 5.91 Å². The number of amides is 1. The van der Waals surface area contributed by atoms with E-state index in [2.05, 4.69) is 19.2 Å². The Labute approximate surface area is 103 Å². The molecule has 1 N–H and O–H groups in total. The first-order valence-corrected chi connectivity index (χ1v) is 6.32. The molecule has 0 radical (unpaired) electrons. The predicted octanol–water partition coefficient (Wildman–Crippen LogP) is 1.68. The molecule has 1 fully saturated rings. The van der Waals surface area contributed by atoms with Crippen molar-refractivity contribution in [1.82, 2.24) is 10.2 Å². The van der Waals surface area contributed by atoms with E-state index in [1.165, 1.54) is 5.56 Å². The number of aryl methyl sites for hydroxylation is 1. The predicted molar refractivity (Wildman–Crippen MR) is 69.2 cm³/mol. The standard InChI is InChI=1S/C14H20N2O/c1-3-12-4-6-13(7-5-12)14(17)16-9-8-15-11(2)10-16/h4-7,11,15H,3,8-10H2,1-2H3. The average Bonchev–Trinajstić information content (AvgIpc) is 2.38. The van der Waals surface area contributed by atoms with Crippen molar-refractivity contribution in [3.63, 3.8) is 0 Å². The Hall–Kier alpha value is -1.35. The zero-order chi connectivity index (χ0) is 12.3. The van der Waals surface area contributed by atoms with Gasteiger partial charge >= 0.3 is 0 Å². The minimum Gasteiger partial charge on any atom is -0.336 e. The van der Waals surface area contributed by atoms with Crippen LogP contribution in [0.5, 0.6) is 0 Å². The lowest BCUT2D eigenvalue weighted by Gasteiger charge is -2.32. The highest BCUT2D eigenvalue weighted by molar-refractivity contribution is 5.94. The van der Waals surface area contributed by atoms with Crippen LogP contribution in [-0.2, 0) is 6.42 Å². The van der Waals surface area contributed by atoms with Gasteiger partial charge in [0, 0.05) is 31.2 Å². The fourth-order valence-electron chi connectivity index (χ4n) is 2.18. The Morgan fingerprint density at radius 3 is 2.71 bits per heavy atom. The summed E-state index contributed by atoms with van der Waals surface area (Å²) in [5.74, 6) is 0.154. The largest absolute Gasteiger partial charge is 0.336 e. The summed E-state index contributed by atoms with van der Waals surface area (Å²) in [6, 6.07) is 8.35. The van der Waals surface area contributed by atoms with Gasteiger partial charge in [-0.3, -0.25) is 4.79 Å². The zero-order valence-electron chi connectivity index (χ0n) is 10.6. The van der Waals surface area contributed by atoms with Gasteiger partial charge < -0.3 is 10.2 Å². The molecule has 3 nitrogen and oxygen atoms in total. The number of rotatable bonds is 2. The lowest BCUT2D eigenvalue weighted by atomic mass is 10.1. The Morgan fingerprint density at radius 1 is 1.41 bits per heavy atom. The van der Waals surface area contributed by atoms with Crippen molar-refractivity contribution in [1.29, 1.82) is 0 Å². The van der Waals surface area contributed by atoms with Gasteiger partial charge in [0.05, 0.1) is 0 Å². The molecule has 2 rings (SSSR count). The van der Waals surface area contributed by atoms with Crippen molar-refractivity contribution in [3.8, 4) is 0 Å². The fourth-order valence-corrected chi connectivity index (χ4v) is 2.18. The number of nitrogens with zero attached hydrogens (tertiary/aromatic N) is 1. The Balaban J connectivity index is 2.07. The summed E-state index contributed by atoms with van der Waals surface area (Å²) in [5.41, 5.74) is 2.08. The monoisotopic (exact) mass is 232 g/mol. The average molecular weight is 232 g/mol. The van der Waals surface area contributed by atoms with Crippen LogP contribution < -0.4 is 5.32 Å². The van der Waals surface area contributed by atoms with Crippen molar-refractivity contribution < 1.29 is 4.79 Å². The van der Waals surface area contributed by atoms with Crippen LogP contribution in [0.15, 0.2) is 24.3 Å². The van der Waals surface area contributed by atoms with Crippen molar-refractivity contribution in [2.75, 3.05) is 19.6 Å². The topological polar surface area (TPSA) is 32.3 Å². The van der Waals surface area contributed by atoms with Crippen LogP contribution in [0.3, 0.4) is 0 Å². The molecule has 1 amide bonds. The molecule has 0 bridgehead atoms. The number of carbonyl (C=O) groups excluding carboxylic acids is 1. The second-order valence-electron chi connectivity index (χ2n) is 4.66. The molecule has 1 heterocycles. The molecule has 0 saturated carbocycles. The molecule has 1 atom stereocenters. The molecule has 3 heteroatoms. The van der Waals surface area contributed by atoms with E-state index in [0.717, 1.165) is 31.6 Å². The number of benzene rings is 1. The van der Waals surface area contributed by atoms with E-state index in [1.807, 2.05) is 29.2 Å². The Bertz CT molecular complexity index is 386. The van der Waals surface area contributed by atoms with Gasteiger partial charge in [0.1, 0.15) is 0 Å². The quantitative estimate of drug-likeness (QED) is 0.841. The summed E-state index contributed by atoms with van der Waals surface area (Å²) >= 11 is 0. The molecule has 0 spiro atoms. The van der Waals surface area contributed by atoms with Crippen molar-refractivity contribution >= 4 is 5.91 Å². The molecule has 92 valence electrons. The highest BCUT2D eigenvalue weighted by atomic mass is 16.2. The number of carbonyl (C=O) groups is 1. The van der Waals surface area contributed by atoms with Crippen LogP contribution in [0.1, 0.15) is 29.8 Å². The number of hydrogen-bond donors (Lipinski definition) is 1. The van der Waals surface area contributed by atoms with Crippen LogP contribution in [0.2, 0.25) is 0 Å². The van der Waals surface area contributed by atoms with E-state index in [4.69, 9.17) is 0 Å². The van der Waals surface area contributed by atoms with Crippen LogP contribution >= 0.6 is 0 Å². The molecule has 1 unspecified atom stereocenters. The molecule has 17 heavy (non-hydrogen) atoms. The maximum atomic E-state index is 12.2. The first-order chi connectivity index (χ1) is 8.20. The maximum absolute atomic E-state index is 12.2. The summed E-state index contributed by atoms with van der Waals surface area (Å²) in [7, 11) is 0. The second kappa shape index (κ2) is 5.32. The van der Waals surface area contributed by atoms with Gasteiger partial charge in [-0.25, -0.2) is 0 Å². The molecule has 0 aliphatic carbocycles. The van der Waals surface area contributed by atoms with Crippen LogP contribution in [0.25, 0.3) is 0 Å². The summed E-state index contributed by atoms with van der Waals surface area (Å²) in [4.78, 5) is 14.2. The lowest BCUT2D eigenvalue weighted by molar-refractivity contribution is 0.0709. The van der Waals surface area contributed by atoms with Gasteiger partial charge in [0.2, 0.25) is 0 Å². The minimum atomic E-state index is 0.154. The minimum absolute atomic E-state index is 0.154. The molecule has 0 aromatic heterocycles. The van der Waals surface area contributed by atoms with Gasteiger partial charge in [0.15, 0.2) is 0 Å². The van der Waals surface area contributed by atoms with Crippen molar-refractivity contribution in [2.24, 2.45) is 0 Å². The van der Waals surface area contributed by atoms with Crippen LogP contribution in [-0.4, -0.2) is 36.5 Å². The summed E-state index contributed by atoms with van der Waals surface area (Å²) < 4.78 is 0. The zero-order valence-corrected chi connectivity index (χ0v) is 10.6. The van der Waals surface area contributed by atoms with Crippen molar-refractivity contribution in [3.05, 3.63) is 35.4 Å². The third-order valence-corrected chi connectivity index (χ3v) is 3.27. The van der Waals surface area contributed by atoms with Crippen LogP contribution in [0, 0.1) is 0 Å². The number of nitrogens with one attached hydrogen (secondary N) is 1. The van der Waals surface area contributed by atoms with Crippen molar-refractivity contribution in [2.45, 2.75) is 26.3 Å². The third-order valence-electron chi connectivity index (χ3n) is 3.27. The van der Waals surface area contributed by atoms with Crippen LogP contribution in [0.4, 0.5) is 0 Å². The van der Waals surface area contributed by atoms with Gasteiger partial charge in [-0.2, -0.15) is 0 Å². The summed E-state index contributed by atoms with van der Waals surface area (Å²) in [6.45, 7) is 6.72. The molecule has 1 saturated heterocycles. The molecule has 1 aliphatic rings. The second-order valence-corrected chi connectivity index (χ2v) is 4.66. The van der Waals surface area contributed by atoms with Gasteiger partial charge in [-0.15, -0.1) is 0 Å². The molecular weight excluding hydrogens is 212 g/mol. The van der Waals surface area contributed by atoms with E-state index >= 15 is 0 Å². The molecular formula is C14H20N2O. The number of piperazine rings is 1. The fraction of sp³-hybridized carbons (Fsp3) is 0.500. The molecule has 1 aromatic carbocycles. The maximum Gasteiger partial charge on any atom is 0.253 e. The molecule has 1 aliphatic heterocycles. The normalized spacial score (nSPS) is 20.4. The Morgan fingerprint density at radius 2 is 2.12 bits per heavy atom. The van der Waals surface area contributed by atoms with E-state index < -0.39 is 0 Å². The first-order valence-electron chi connectivity index (χ1n) is 6.32. The van der Waals surface area contributed by atoms with E-state index in [0.29, 0.717) is 6.04 Å². The lowest BCUT2D eigenvalue weighted by Crippen LogP contribution is -2.51. The number of hydrogen-bond acceptors (Lipinski definition) is 2. The third kappa shape index (κ3) is 2.86. The van der Waals surface area contributed by atoms with E-state index in [9.17, 15) is 4.79 Å².